The number of alkyl halides is 3. The highest BCUT2D eigenvalue weighted by molar-refractivity contribution is 7.12. The van der Waals surface area contributed by atoms with E-state index in [1.54, 1.807) is 6.21 Å². The molecule has 9 heteroatoms. The van der Waals surface area contributed by atoms with Crippen LogP contribution < -0.4 is 5.43 Å². The summed E-state index contributed by atoms with van der Waals surface area (Å²) in [6.45, 7) is 1.97. The molecule has 0 bridgehead atoms. The summed E-state index contributed by atoms with van der Waals surface area (Å²) >= 11 is 0.660. The SMILES string of the molecule is CC1NN(C)C(OC2CC=CCC2)=C1/C=N/OCc1ccc(C(F)(F)F)s1. The van der Waals surface area contributed by atoms with Crippen LogP contribution >= 0.6 is 11.3 Å². The van der Waals surface area contributed by atoms with Gasteiger partial charge in [-0.15, -0.1) is 11.3 Å². The molecule has 0 saturated heterocycles. The quantitative estimate of drug-likeness (QED) is 0.435. The van der Waals surface area contributed by atoms with Crippen molar-refractivity contribution in [3.8, 4) is 0 Å². The molecule has 1 aliphatic heterocycles. The van der Waals surface area contributed by atoms with Crippen molar-refractivity contribution in [2.24, 2.45) is 5.16 Å². The van der Waals surface area contributed by atoms with E-state index in [0.717, 1.165) is 30.9 Å². The lowest BCUT2D eigenvalue weighted by atomic mass is 10.0. The summed E-state index contributed by atoms with van der Waals surface area (Å²) in [6.07, 6.45) is 4.45. The van der Waals surface area contributed by atoms with Gasteiger partial charge in [-0.25, -0.2) is 5.43 Å². The van der Waals surface area contributed by atoms with Crippen molar-refractivity contribution in [1.29, 1.82) is 0 Å². The van der Waals surface area contributed by atoms with Gasteiger partial charge in [0, 0.05) is 18.3 Å². The number of ether oxygens (including phenoxy) is 1. The molecule has 2 atom stereocenters. The smallest absolute Gasteiger partial charge is 0.425 e. The lowest BCUT2D eigenvalue weighted by molar-refractivity contribution is -0.134. The molecule has 1 aliphatic carbocycles. The van der Waals surface area contributed by atoms with Crippen LogP contribution in [-0.4, -0.2) is 30.4 Å². The van der Waals surface area contributed by atoms with Gasteiger partial charge in [-0.05, 0) is 31.9 Å². The summed E-state index contributed by atoms with van der Waals surface area (Å²) in [5.74, 6) is 0.700. The molecule has 1 aromatic heterocycles. The lowest BCUT2D eigenvalue weighted by Crippen LogP contribution is -2.34. The third kappa shape index (κ3) is 5.04. The minimum absolute atomic E-state index is 0.00458. The van der Waals surface area contributed by atoms with Gasteiger partial charge in [-0.2, -0.15) is 13.2 Å². The van der Waals surface area contributed by atoms with Crippen molar-refractivity contribution in [1.82, 2.24) is 10.4 Å². The Balaban J connectivity index is 1.60. The maximum atomic E-state index is 12.6. The molecule has 5 nitrogen and oxygen atoms in total. The molecule has 0 fully saturated rings. The van der Waals surface area contributed by atoms with Crippen LogP contribution in [0.15, 0.2) is 40.9 Å². The maximum Gasteiger partial charge on any atom is 0.425 e. The zero-order chi connectivity index (χ0) is 19.4. The van der Waals surface area contributed by atoms with Crippen LogP contribution in [0.4, 0.5) is 13.2 Å². The molecule has 27 heavy (non-hydrogen) atoms. The summed E-state index contributed by atoms with van der Waals surface area (Å²) in [5.41, 5.74) is 4.07. The molecule has 0 amide bonds. The summed E-state index contributed by atoms with van der Waals surface area (Å²) in [7, 11) is 1.87. The number of oxime groups is 1. The Morgan fingerprint density at radius 3 is 2.85 bits per heavy atom. The van der Waals surface area contributed by atoms with Crippen LogP contribution in [0.1, 0.15) is 35.9 Å². The van der Waals surface area contributed by atoms with Crippen molar-refractivity contribution in [2.45, 2.75) is 51.1 Å². The van der Waals surface area contributed by atoms with E-state index in [1.165, 1.54) is 6.07 Å². The first-order valence-corrected chi connectivity index (χ1v) is 9.53. The normalized spacial score (nSPS) is 23.5. The number of hydrazine groups is 1. The molecule has 1 N–H and O–H groups in total. The first-order chi connectivity index (χ1) is 12.8. The molecule has 0 aromatic carbocycles. The van der Waals surface area contributed by atoms with E-state index in [0.29, 0.717) is 22.1 Å². The predicted molar refractivity (Wildman–Crippen MR) is 97.9 cm³/mol. The van der Waals surface area contributed by atoms with Crippen molar-refractivity contribution in [3.63, 3.8) is 0 Å². The molecule has 1 aromatic rings. The van der Waals surface area contributed by atoms with Crippen molar-refractivity contribution >= 4 is 17.6 Å². The van der Waals surface area contributed by atoms with E-state index in [1.807, 2.05) is 19.0 Å². The minimum atomic E-state index is -4.33. The molecule has 2 aliphatic rings. The summed E-state index contributed by atoms with van der Waals surface area (Å²) < 4.78 is 44.0. The van der Waals surface area contributed by atoms with E-state index in [9.17, 15) is 13.2 Å². The second-order valence-electron chi connectivity index (χ2n) is 6.47. The molecule has 2 unspecified atom stereocenters. The Morgan fingerprint density at radius 2 is 2.19 bits per heavy atom. The summed E-state index contributed by atoms with van der Waals surface area (Å²) in [6, 6.07) is 2.45. The van der Waals surface area contributed by atoms with Gasteiger partial charge in [0.05, 0.1) is 17.8 Å². The third-order valence-electron chi connectivity index (χ3n) is 4.32. The summed E-state index contributed by atoms with van der Waals surface area (Å²) in [4.78, 5) is 5.02. The number of rotatable bonds is 6. The van der Waals surface area contributed by atoms with Crippen molar-refractivity contribution in [2.75, 3.05) is 7.05 Å². The number of hydrogen-bond donors (Lipinski definition) is 1. The minimum Gasteiger partial charge on any atom is -0.474 e. The number of allylic oxidation sites excluding steroid dienone is 1. The van der Waals surface area contributed by atoms with E-state index in [4.69, 9.17) is 9.57 Å². The summed E-state index contributed by atoms with van der Waals surface area (Å²) in [5, 5.41) is 5.75. The standard InChI is InChI=1S/C18H22F3N3O2S/c1-12-15(17(24(2)23-12)26-13-6-4-3-5-7-13)10-22-25-11-14-8-9-16(27-14)18(19,20)21/h3-4,8-10,12-13,23H,5-7,11H2,1-2H3/b22-10+. The highest BCUT2D eigenvalue weighted by atomic mass is 32.1. The first kappa shape index (κ1) is 19.8. The molecular weight excluding hydrogens is 379 g/mol. The maximum absolute atomic E-state index is 12.6. The predicted octanol–water partition coefficient (Wildman–Crippen LogP) is 4.44. The van der Waals surface area contributed by atoms with Gasteiger partial charge in [-0.1, -0.05) is 17.3 Å². The molecule has 0 saturated carbocycles. The molecule has 2 heterocycles. The largest absolute Gasteiger partial charge is 0.474 e. The molecule has 3 rings (SSSR count). The van der Waals surface area contributed by atoms with Crippen molar-refractivity contribution < 1.29 is 22.7 Å². The highest BCUT2D eigenvalue weighted by Crippen LogP contribution is 2.34. The Morgan fingerprint density at radius 1 is 1.37 bits per heavy atom. The second kappa shape index (κ2) is 8.35. The van der Waals surface area contributed by atoms with Gasteiger partial charge in [0.1, 0.15) is 11.0 Å². The fourth-order valence-electron chi connectivity index (χ4n) is 2.95. The van der Waals surface area contributed by atoms with E-state index < -0.39 is 11.1 Å². The first-order valence-electron chi connectivity index (χ1n) is 8.71. The zero-order valence-electron chi connectivity index (χ0n) is 15.1. The van der Waals surface area contributed by atoms with Gasteiger partial charge in [0.15, 0.2) is 6.61 Å². The third-order valence-corrected chi connectivity index (χ3v) is 5.42. The van der Waals surface area contributed by atoms with Crippen LogP contribution in [0.5, 0.6) is 0 Å². The van der Waals surface area contributed by atoms with Gasteiger partial charge >= 0.3 is 6.18 Å². The monoisotopic (exact) mass is 401 g/mol. The average molecular weight is 401 g/mol. The van der Waals surface area contributed by atoms with Gasteiger partial charge < -0.3 is 9.57 Å². The Kier molecular flexibility index (Phi) is 6.11. The van der Waals surface area contributed by atoms with Crippen LogP contribution in [0, 0.1) is 0 Å². The van der Waals surface area contributed by atoms with Gasteiger partial charge in [-0.3, -0.25) is 5.01 Å². The van der Waals surface area contributed by atoms with Crippen LogP contribution in [0.25, 0.3) is 0 Å². The fraction of sp³-hybridized carbons (Fsp3) is 0.500. The number of hydrogen-bond acceptors (Lipinski definition) is 6. The van der Waals surface area contributed by atoms with E-state index >= 15 is 0 Å². The second-order valence-corrected chi connectivity index (χ2v) is 7.63. The Hall–Kier alpha value is -2.00. The van der Waals surface area contributed by atoms with E-state index in [-0.39, 0.29) is 18.8 Å². The molecular formula is C18H22F3N3O2S. The number of nitrogens with one attached hydrogen (secondary N) is 1. The molecule has 148 valence electrons. The van der Waals surface area contributed by atoms with E-state index in [2.05, 4.69) is 22.7 Å². The number of thiophene rings is 1. The van der Waals surface area contributed by atoms with Crippen molar-refractivity contribution in [3.05, 3.63) is 45.5 Å². The molecule has 0 radical (unpaired) electrons. The highest BCUT2D eigenvalue weighted by Gasteiger charge is 2.32. The number of halogens is 3. The number of nitrogens with zero attached hydrogens (tertiary/aromatic N) is 2. The van der Waals surface area contributed by atoms with Gasteiger partial charge in [0.2, 0.25) is 5.88 Å². The zero-order valence-corrected chi connectivity index (χ0v) is 15.9. The Bertz CT molecular complexity index is 742. The van der Waals surface area contributed by atoms with Crippen LogP contribution in [0.2, 0.25) is 0 Å². The average Bonchev–Trinajstić information content (AvgIpc) is 3.19. The Labute approximate surface area is 160 Å². The molecule has 0 spiro atoms. The fourth-order valence-corrected chi connectivity index (χ4v) is 3.73. The van der Waals surface area contributed by atoms with Gasteiger partial charge in [0.25, 0.3) is 0 Å². The lowest BCUT2D eigenvalue weighted by Gasteiger charge is -2.24. The topological polar surface area (TPSA) is 46.1 Å². The van der Waals surface area contributed by atoms with Crippen LogP contribution in [0.3, 0.4) is 0 Å². The van der Waals surface area contributed by atoms with Crippen LogP contribution in [-0.2, 0) is 22.4 Å².